The van der Waals surface area contributed by atoms with E-state index in [2.05, 4.69) is 21.6 Å². The largest absolute Gasteiger partial charge is 0.379 e. The fourth-order valence-electron chi connectivity index (χ4n) is 3.29. The Bertz CT molecular complexity index is 509. The van der Waals surface area contributed by atoms with Crippen LogP contribution in [0.1, 0.15) is 24.8 Å². The number of morpholine rings is 1. The molecule has 1 aromatic rings. The van der Waals surface area contributed by atoms with Crippen molar-refractivity contribution >= 4 is 11.6 Å². The van der Waals surface area contributed by atoms with Gasteiger partial charge in [-0.25, -0.2) is 0 Å². The lowest BCUT2D eigenvalue weighted by atomic mass is 10.0. The predicted molar refractivity (Wildman–Crippen MR) is 91.4 cm³/mol. The number of benzene rings is 1. The summed E-state index contributed by atoms with van der Waals surface area (Å²) in [5.41, 5.74) is 2.14. The number of ether oxygens (including phenoxy) is 1. The first-order valence-corrected chi connectivity index (χ1v) is 8.70. The lowest BCUT2D eigenvalue weighted by molar-refractivity contribution is -0.116. The van der Waals surface area contributed by atoms with Gasteiger partial charge in [-0.2, -0.15) is 0 Å². The smallest absolute Gasteiger partial charge is 0.224 e. The molecule has 3 rings (SSSR count). The van der Waals surface area contributed by atoms with Gasteiger partial charge in [-0.05, 0) is 43.5 Å². The van der Waals surface area contributed by atoms with E-state index in [-0.39, 0.29) is 5.91 Å². The fraction of sp³-hybridized carbons (Fsp3) is 0.611. The molecule has 1 aromatic carbocycles. The molecule has 0 saturated carbocycles. The summed E-state index contributed by atoms with van der Waals surface area (Å²) in [7, 11) is 0. The lowest BCUT2D eigenvalue weighted by Crippen LogP contribution is -2.35. The fourth-order valence-corrected chi connectivity index (χ4v) is 3.29. The normalized spacial score (nSPS) is 22.2. The van der Waals surface area contributed by atoms with E-state index in [1.807, 2.05) is 18.2 Å². The van der Waals surface area contributed by atoms with E-state index in [0.29, 0.717) is 12.3 Å². The van der Waals surface area contributed by atoms with Crippen molar-refractivity contribution in [2.24, 2.45) is 5.92 Å². The number of anilines is 1. The number of para-hydroxylation sites is 1. The third kappa shape index (κ3) is 5.03. The second-order valence-corrected chi connectivity index (χ2v) is 6.49. The standard InChI is InChI=1S/C18H27N3O2/c22-18(6-5-15-7-8-19-13-15)20-17-4-2-1-3-16(17)14-21-9-11-23-12-10-21/h1-4,15,19H,5-14H2,(H,20,22). The zero-order chi connectivity index (χ0) is 15.9. The molecule has 0 spiro atoms. The van der Waals surface area contributed by atoms with Gasteiger partial charge in [0.05, 0.1) is 13.2 Å². The lowest BCUT2D eigenvalue weighted by Gasteiger charge is -2.27. The van der Waals surface area contributed by atoms with Crippen LogP contribution in [-0.2, 0) is 16.1 Å². The molecule has 1 amide bonds. The number of nitrogens with one attached hydrogen (secondary N) is 2. The summed E-state index contributed by atoms with van der Waals surface area (Å²) in [5.74, 6) is 0.788. The molecule has 2 heterocycles. The van der Waals surface area contributed by atoms with Gasteiger partial charge in [0, 0.05) is 31.7 Å². The van der Waals surface area contributed by atoms with E-state index >= 15 is 0 Å². The number of hydrogen-bond donors (Lipinski definition) is 2. The van der Waals surface area contributed by atoms with Crippen molar-refractivity contribution < 1.29 is 9.53 Å². The van der Waals surface area contributed by atoms with Crippen LogP contribution in [-0.4, -0.2) is 50.2 Å². The van der Waals surface area contributed by atoms with Gasteiger partial charge in [0.2, 0.25) is 5.91 Å². The van der Waals surface area contributed by atoms with Crippen LogP contribution >= 0.6 is 0 Å². The number of carbonyl (C=O) groups excluding carboxylic acids is 1. The molecular formula is C18H27N3O2. The number of rotatable bonds is 6. The number of carbonyl (C=O) groups is 1. The van der Waals surface area contributed by atoms with E-state index in [4.69, 9.17) is 4.74 Å². The minimum absolute atomic E-state index is 0.131. The summed E-state index contributed by atoms with van der Waals surface area (Å²) in [6.45, 7) is 6.52. The average Bonchev–Trinajstić information content (AvgIpc) is 3.09. The third-order valence-electron chi connectivity index (χ3n) is 4.73. The highest BCUT2D eigenvalue weighted by molar-refractivity contribution is 5.91. The van der Waals surface area contributed by atoms with E-state index in [1.165, 1.54) is 12.0 Å². The molecule has 2 aliphatic rings. The summed E-state index contributed by atoms with van der Waals surface area (Å²) in [6.07, 6.45) is 2.78. The zero-order valence-corrected chi connectivity index (χ0v) is 13.7. The quantitative estimate of drug-likeness (QED) is 0.841. The molecule has 5 nitrogen and oxygen atoms in total. The number of hydrogen-bond acceptors (Lipinski definition) is 4. The topological polar surface area (TPSA) is 53.6 Å². The van der Waals surface area contributed by atoms with Gasteiger partial charge in [0.15, 0.2) is 0 Å². The molecule has 0 aromatic heterocycles. The van der Waals surface area contributed by atoms with E-state index in [0.717, 1.165) is 58.0 Å². The molecule has 1 atom stereocenters. The van der Waals surface area contributed by atoms with Crippen LogP contribution in [0.4, 0.5) is 5.69 Å². The molecule has 5 heteroatoms. The van der Waals surface area contributed by atoms with Gasteiger partial charge in [0.25, 0.3) is 0 Å². The maximum Gasteiger partial charge on any atom is 0.224 e. The Kier molecular flexibility index (Phi) is 6.02. The Labute approximate surface area is 138 Å². The van der Waals surface area contributed by atoms with Crippen molar-refractivity contribution in [2.75, 3.05) is 44.7 Å². The van der Waals surface area contributed by atoms with E-state index < -0.39 is 0 Å². The monoisotopic (exact) mass is 317 g/mol. The Hall–Kier alpha value is -1.43. The summed E-state index contributed by atoms with van der Waals surface area (Å²) < 4.78 is 5.40. The second-order valence-electron chi connectivity index (χ2n) is 6.49. The van der Waals surface area contributed by atoms with E-state index in [9.17, 15) is 4.79 Å². The highest BCUT2D eigenvalue weighted by Gasteiger charge is 2.17. The van der Waals surface area contributed by atoms with Gasteiger partial charge < -0.3 is 15.4 Å². The van der Waals surface area contributed by atoms with Crippen LogP contribution in [0.3, 0.4) is 0 Å². The molecule has 2 saturated heterocycles. The molecule has 126 valence electrons. The molecule has 2 fully saturated rings. The number of amides is 1. The van der Waals surface area contributed by atoms with Gasteiger partial charge in [0.1, 0.15) is 0 Å². The summed E-state index contributed by atoms with van der Waals surface area (Å²) in [4.78, 5) is 14.6. The number of nitrogens with zero attached hydrogens (tertiary/aromatic N) is 1. The van der Waals surface area contributed by atoms with Crippen molar-refractivity contribution in [1.29, 1.82) is 0 Å². The highest BCUT2D eigenvalue weighted by atomic mass is 16.5. The minimum atomic E-state index is 0.131. The summed E-state index contributed by atoms with van der Waals surface area (Å²) in [6, 6.07) is 8.13. The molecule has 0 bridgehead atoms. The van der Waals surface area contributed by atoms with Crippen LogP contribution in [0.2, 0.25) is 0 Å². The molecule has 2 aliphatic heterocycles. The van der Waals surface area contributed by atoms with Crippen LogP contribution in [0.15, 0.2) is 24.3 Å². The summed E-state index contributed by atoms with van der Waals surface area (Å²) >= 11 is 0. The van der Waals surface area contributed by atoms with Gasteiger partial charge in [-0.1, -0.05) is 18.2 Å². The van der Waals surface area contributed by atoms with Crippen molar-refractivity contribution in [3.8, 4) is 0 Å². The van der Waals surface area contributed by atoms with Crippen molar-refractivity contribution in [1.82, 2.24) is 10.2 Å². The summed E-state index contributed by atoms with van der Waals surface area (Å²) in [5, 5.41) is 6.46. The molecule has 0 aliphatic carbocycles. The SMILES string of the molecule is O=C(CCC1CCNC1)Nc1ccccc1CN1CCOCC1. The first-order chi connectivity index (χ1) is 11.3. The molecule has 1 unspecified atom stereocenters. The highest BCUT2D eigenvalue weighted by Crippen LogP contribution is 2.19. The molecule has 0 radical (unpaired) electrons. The first-order valence-electron chi connectivity index (χ1n) is 8.70. The zero-order valence-electron chi connectivity index (χ0n) is 13.7. The van der Waals surface area contributed by atoms with Gasteiger partial charge >= 0.3 is 0 Å². The average molecular weight is 317 g/mol. The second kappa shape index (κ2) is 8.43. The molecule has 23 heavy (non-hydrogen) atoms. The Morgan fingerprint density at radius 1 is 1.30 bits per heavy atom. The Balaban J connectivity index is 1.52. The predicted octanol–water partition coefficient (Wildman–Crippen LogP) is 1.85. The van der Waals surface area contributed by atoms with Crippen LogP contribution in [0.5, 0.6) is 0 Å². The maximum atomic E-state index is 12.2. The maximum absolute atomic E-state index is 12.2. The van der Waals surface area contributed by atoms with Crippen LogP contribution < -0.4 is 10.6 Å². The third-order valence-corrected chi connectivity index (χ3v) is 4.73. The van der Waals surface area contributed by atoms with Gasteiger partial charge in [-0.3, -0.25) is 9.69 Å². The van der Waals surface area contributed by atoms with E-state index in [1.54, 1.807) is 0 Å². The Morgan fingerprint density at radius 3 is 2.91 bits per heavy atom. The first kappa shape index (κ1) is 16.4. The molecular weight excluding hydrogens is 290 g/mol. The van der Waals surface area contributed by atoms with Crippen LogP contribution in [0, 0.1) is 5.92 Å². The van der Waals surface area contributed by atoms with Gasteiger partial charge in [-0.15, -0.1) is 0 Å². The van der Waals surface area contributed by atoms with Crippen molar-refractivity contribution in [3.63, 3.8) is 0 Å². The Morgan fingerprint density at radius 2 is 2.13 bits per heavy atom. The van der Waals surface area contributed by atoms with Crippen molar-refractivity contribution in [3.05, 3.63) is 29.8 Å². The van der Waals surface area contributed by atoms with Crippen molar-refractivity contribution in [2.45, 2.75) is 25.8 Å². The molecule has 2 N–H and O–H groups in total. The minimum Gasteiger partial charge on any atom is -0.379 e. The van der Waals surface area contributed by atoms with Crippen LogP contribution in [0.25, 0.3) is 0 Å².